The van der Waals surface area contributed by atoms with Crippen molar-refractivity contribution in [1.82, 2.24) is 0 Å². The average molecular weight is 708 g/mol. The standard InChI is InChI=1S/C52H37NS/c1-51(2)43-25-11-12-26-44(43)52(41-23-9-6-20-38(41)39-21-7-10-24-42(39)52)45-31-30-37(33-46(45)51)53(36-19-14-18-35(32-36)34-16-4-3-5-17-34)47-27-15-29-49-50(47)40-22-8-13-28-48(40)54-49/h3-33H,1-2H3. The summed E-state index contributed by atoms with van der Waals surface area (Å²) in [5.41, 5.74) is 16.1. The fraction of sp³-hybridized carbons (Fsp3) is 0.0769. The molecule has 0 amide bonds. The van der Waals surface area contributed by atoms with E-state index in [4.69, 9.17) is 0 Å². The zero-order valence-electron chi connectivity index (χ0n) is 30.3. The molecule has 0 unspecified atom stereocenters. The Bertz CT molecular complexity index is 2890. The fourth-order valence-corrected chi connectivity index (χ4v) is 10.9. The second-order valence-corrected chi connectivity index (χ2v) is 16.3. The molecule has 1 aromatic heterocycles. The van der Waals surface area contributed by atoms with E-state index in [-0.39, 0.29) is 5.41 Å². The van der Waals surface area contributed by atoms with Crippen LogP contribution in [0.5, 0.6) is 0 Å². The summed E-state index contributed by atoms with van der Waals surface area (Å²) < 4.78 is 2.60. The molecule has 11 rings (SSSR count). The van der Waals surface area contributed by atoms with Gasteiger partial charge in [-0.1, -0.05) is 159 Å². The quantitative estimate of drug-likeness (QED) is 0.176. The van der Waals surface area contributed by atoms with Crippen molar-refractivity contribution in [3.8, 4) is 22.3 Å². The van der Waals surface area contributed by atoms with Crippen LogP contribution in [0.4, 0.5) is 17.1 Å². The Morgan fingerprint density at radius 2 is 0.981 bits per heavy atom. The van der Waals surface area contributed by atoms with E-state index in [0.717, 1.165) is 11.4 Å². The summed E-state index contributed by atoms with van der Waals surface area (Å²) in [5, 5.41) is 2.59. The molecule has 0 radical (unpaired) electrons. The van der Waals surface area contributed by atoms with Gasteiger partial charge in [0, 0.05) is 37.0 Å². The van der Waals surface area contributed by atoms with Crippen molar-refractivity contribution in [1.29, 1.82) is 0 Å². The highest BCUT2D eigenvalue weighted by Crippen LogP contribution is 2.62. The molecular weight excluding hydrogens is 671 g/mol. The van der Waals surface area contributed by atoms with E-state index in [1.54, 1.807) is 0 Å². The van der Waals surface area contributed by atoms with E-state index < -0.39 is 5.41 Å². The number of benzene rings is 8. The highest BCUT2D eigenvalue weighted by molar-refractivity contribution is 7.26. The molecule has 2 aliphatic carbocycles. The van der Waals surface area contributed by atoms with Crippen LogP contribution in [0.15, 0.2) is 188 Å². The second-order valence-electron chi connectivity index (χ2n) is 15.2. The Hall–Kier alpha value is -6.22. The number of nitrogens with zero attached hydrogens (tertiary/aromatic N) is 1. The molecule has 9 aromatic rings. The van der Waals surface area contributed by atoms with Gasteiger partial charge in [-0.25, -0.2) is 0 Å². The highest BCUT2D eigenvalue weighted by Gasteiger charge is 2.53. The van der Waals surface area contributed by atoms with Crippen LogP contribution in [0.1, 0.15) is 47.2 Å². The lowest BCUT2D eigenvalue weighted by Crippen LogP contribution is -2.40. The van der Waals surface area contributed by atoms with Crippen molar-refractivity contribution in [2.45, 2.75) is 24.7 Å². The van der Waals surface area contributed by atoms with Crippen LogP contribution in [0, 0.1) is 0 Å². The average Bonchev–Trinajstić information content (AvgIpc) is 3.76. The van der Waals surface area contributed by atoms with Crippen molar-refractivity contribution in [3.05, 3.63) is 221 Å². The van der Waals surface area contributed by atoms with Crippen LogP contribution in [-0.4, -0.2) is 0 Å². The lowest BCUT2D eigenvalue weighted by Gasteiger charge is -2.47. The minimum atomic E-state index is -0.422. The maximum absolute atomic E-state index is 2.51. The first kappa shape index (κ1) is 31.3. The summed E-state index contributed by atoms with van der Waals surface area (Å²) in [6, 6.07) is 70.2. The number of hydrogen-bond acceptors (Lipinski definition) is 2. The van der Waals surface area contributed by atoms with Crippen molar-refractivity contribution >= 4 is 48.6 Å². The van der Waals surface area contributed by atoms with Gasteiger partial charge in [-0.05, 0) is 98.1 Å². The summed E-state index contributed by atoms with van der Waals surface area (Å²) in [6.45, 7) is 4.84. The number of anilines is 3. The summed E-state index contributed by atoms with van der Waals surface area (Å²) in [5.74, 6) is 0. The molecule has 1 spiro atoms. The lowest BCUT2D eigenvalue weighted by atomic mass is 9.55. The van der Waals surface area contributed by atoms with E-state index in [2.05, 4.69) is 207 Å². The topological polar surface area (TPSA) is 3.24 Å². The van der Waals surface area contributed by atoms with Gasteiger partial charge in [0.2, 0.25) is 0 Å². The highest BCUT2D eigenvalue weighted by atomic mass is 32.1. The molecule has 2 aliphatic rings. The predicted molar refractivity (Wildman–Crippen MR) is 229 cm³/mol. The molecule has 256 valence electrons. The third-order valence-electron chi connectivity index (χ3n) is 12.1. The van der Waals surface area contributed by atoms with Crippen molar-refractivity contribution in [2.75, 3.05) is 4.90 Å². The minimum absolute atomic E-state index is 0.252. The summed E-state index contributed by atoms with van der Waals surface area (Å²) in [7, 11) is 0. The molecule has 0 N–H and O–H groups in total. The zero-order valence-corrected chi connectivity index (χ0v) is 31.1. The molecule has 2 heteroatoms. The van der Waals surface area contributed by atoms with Crippen LogP contribution in [-0.2, 0) is 10.8 Å². The molecule has 0 bridgehead atoms. The molecule has 54 heavy (non-hydrogen) atoms. The Balaban J connectivity index is 1.22. The van der Waals surface area contributed by atoms with Crippen molar-refractivity contribution < 1.29 is 0 Å². The van der Waals surface area contributed by atoms with Gasteiger partial charge >= 0.3 is 0 Å². The van der Waals surface area contributed by atoms with Crippen LogP contribution in [0.25, 0.3) is 42.4 Å². The number of thiophene rings is 1. The van der Waals surface area contributed by atoms with Crippen molar-refractivity contribution in [3.63, 3.8) is 0 Å². The maximum Gasteiger partial charge on any atom is 0.0719 e. The fourth-order valence-electron chi connectivity index (χ4n) is 9.80. The molecule has 0 aliphatic heterocycles. The monoisotopic (exact) mass is 707 g/mol. The molecule has 0 atom stereocenters. The lowest BCUT2D eigenvalue weighted by molar-refractivity contribution is 0.563. The zero-order chi connectivity index (χ0) is 36.0. The Labute approximate surface area is 320 Å². The second kappa shape index (κ2) is 11.6. The van der Waals surface area contributed by atoms with Gasteiger partial charge in [0.1, 0.15) is 0 Å². The van der Waals surface area contributed by atoms with E-state index in [9.17, 15) is 0 Å². The number of fused-ring (bicyclic) bond motifs is 12. The molecule has 1 heterocycles. The largest absolute Gasteiger partial charge is 0.310 e. The third kappa shape index (κ3) is 4.26. The summed E-state index contributed by atoms with van der Waals surface area (Å²) in [4.78, 5) is 2.51. The normalized spacial score (nSPS) is 14.4. The van der Waals surface area contributed by atoms with Gasteiger partial charge in [0.15, 0.2) is 0 Å². The number of rotatable bonds is 4. The molecule has 0 fully saturated rings. The third-order valence-corrected chi connectivity index (χ3v) is 13.3. The SMILES string of the molecule is CC1(C)c2ccccc2C2(c3ccccc3-c3ccccc32)c2ccc(N(c3cccc(-c4ccccc4)c3)c3cccc4sc5ccccc5c34)cc21. The van der Waals surface area contributed by atoms with E-state index in [1.807, 2.05) is 11.3 Å². The van der Waals surface area contributed by atoms with E-state index in [0.29, 0.717) is 0 Å². The maximum atomic E-state index is 2.51. The molecule has 0 saturated carbocycles. The van der Waals surface area contributed by atoms with Gasteiger partial charge in [0.25, 0.3) is 0 Å². The van der Waals surface area contributed by atoms with Crippen LogP contribution < -0.4 is 4.90 Å². The van der Waals surface area contributed by atoms with Gasteiger partial charge < -0.3 is 4.90 Å². The first-order valence-corrected chi connectivity index (χ1v) is 19.7. The van der Waals surface area contributed by atoms with E-state index in [1.165, 1.54) is 81.5 Å². The number of hydrogen-bond donors (Lipinski definition) is 0. The Morgan fingerprint density at radius 3 is 1.76 bits per heavy atom. The summed E-state index contributed by atoms with van der Waals surface area (Å²) in [6.07, 6.45) is 0. The van der Waals surface area contributed by atoms with Crippen molar-refractivity contribution in [2.24, 2.45) is 0 Å². The predicted octanol–water partition coefficient (Wildman–Crippen LogP) is 14.2. The van der Waals surface area contributed by atoms with Gasteiger partial charge in [-0.15, -0.1) is 11.3 Å². The van der Waals surface area contributed by atoms with Crippen LogP contribution in [0.3, 0.4) is 0 Å². The first-order valence-electron chi connectivity index (χ1n) is 18.9. The molecule has 1 nitrogen and oxygen atoms in total. The van der Waals surface area contributed by atoms with Crippen LogP contribution >= 0.6 is 11.3 Å². The molecule has 8 aromatic carbocycles. The van der Waals surface area contributed by atoms with Gasteiger partial charge in [-0.3, -0.25) is 0 Å². The van der Waals surface area contributed by atoms with Crippen LogP contribution in [0.2, 0.25) is 0 Å². The van der Waals surface area contributed by atoms with E-state index >= 15 is 0 Å². The molecule has 0 saturated heterocycles. The Kier molecular flexibility index (Phi) is 6.75. The first-order chi connectivity index (χ1) is 26.5. The summed E-state index contributed by atoms with van der Waals surface area (Å²) >= 11 is 1.87. The minimum Gasteiger partial charge on any atom is -0.310 e. The smallest absolute Gasteiger partial charge is 0.0719 e. The molecular formula is C52H37NS. The van der Waals surface area contributed by atoms with Gasteiger partial charge in [0.05, 0.1) is 11.1 Å². The Morgan fingerprint density at radius 1 is 0.407 bits per heavy atom. The van der Waals surface area contributed by atoms with Gasteiger partial charge in [-0.2, -0.15) is 0 Å².